The van der Waals surface area contributed by atoms with Crippen molar-refractivity contribution in [1.82, 2.24) is 9.97 Å². The molecule has 2 heterocycles. The van der Waals surface area contributed by atoms with Crippen LogP contribution in [0.3, 0.4) is 0 Å². The summed E-state index contributed by atoms with van der Waals surface area (Å²) in [6.45, 7) is 0. The molecule has 8 aromatic carbocycles. The Hall–Kier alpha value is -7.68. The molecule has 0 N–H and O–H groups in total. The van der Waals surface area contributed by atoms with E-state index in [1.54, 1.807) is 0 Å². The summed E-state index contributed by atoms with van der Waals surface area (Å²) >= 11 is 0. The minimum Gasteiger partial charge on any atom is -0.248 e. The van der Waals surface area contributed by atoms with Gasteiger partial charge in [-0.25, -0.2) is 9.97 Å². The topological polar surface area (TPSA) is 25.8 Å². The van der Waals surface area contributed by atoms with Crippen LogP contribution < -0.4 is 0 Å². The molecule has 0 saturated heterocycles. The van der Waals surface area contributed by atoms with Crippen molar-refractivity contribution < 1.29 is 0 Å². The monoisotopic (exact) mass is 738 g/mol. The molecule has 0 unspecified atom stereocenters. The van der Waals surface area contributed by atoms with Gasteiger partial charge in [-0.15, -0.1) is 0 Å². The molecule has 272 valence electrons. The van der Waals surface area contributed by atoms with Gasteiger partial charge in [-0.1, -0.05) is 194 Å². The van der Waals surface area contributed by atoms with E-state index in [4.69, 9.17) is 9.97 Å². The second-order valence-electron chi connectivity index (χ2n) is 14.6. The molecule has 0 fully saturated rings. The summed E-state index contributed by atoms with van der Waals surface area (Å²) in [4.78, 5) is 10.2. The van der Waals surface area contributed by atoms with Crippen molar-refractivity contribution in [3.8, 4) is 89.5 Å². The van der Waals surface area contributed by atoms with Gasteiger partial charge in [0, 0.05) is 22.3 Å². The molecule has 0 aliphatic heterocycles. The first-order chi connectivity index (χ1) is 28.7. The van der Waals surface area contributed by atoms with E-state index in [2.05, 4.69) is 206 Å². The number of benzene rings is 8. The van der Waals surface area contributed by atoms with Gasteiger partial charge in [0.05, 0.1) is 22.8 Å². The average molecular weight is 739 g/mol. The first-order valence-electron chi connectivity index (χ1n) is 19.7. The molecule has 58 heavy (non-hydrogen) atoms. The summed E-state index contributed by atoms with van der Waals surface area (Å²) in [5.41, 5.74) is 17.5. The zero-order valence-corrected chi connectivity index (χ0v) is 31.8. The lowest BCUT2D eigenvalue weighted by Gasteiger charge is -2.15. The van der Waals surface area contributed by atoms with Gasteiger partial charge in [-0.05, 0) is 91.7 Å². The van der Waals surface area contributed by atoms with Crippen LogP contribution in [0, 0.1) is 0 Å². The van der Waals surface area contributed by atoms with Crippen LogP contribution in [0.15, 0.2) is 231 Å². The Morgan fingerprint density at radius 2 is 0.466 bits per heavy atom. The highest BCUT2D eigenvalue weighted by Gasteiger charge is 2.15. The van der Waals surface area contributed by atoms with E-state index in [0.29, 0.717) is 0 Å². The molecule has 0 spiro atoms. The van der Waals surface area contributed by atoms with Crippen LogP contribution in [0.25, 0.3) is 100 Å². The Morgan fingerprint density at radius 3 is 0.793 bits per heavy atom. The molecule has 0 aliphatic carbocycles. The number of aromatic nitrogens is 2. The molecule has 2 aromatic heterocycles. The highest BCUT2D eigenvalue weighted by molar-refractivity contribution is 6.05. The molecular weight excluding hydrogens is 701 g/mol. The molecule has 2 nitrogen and oxygen atoms in total. The van der Waals surface area contributed by atoms with E-state index in [9.17, 15) is 0 Å². The molecule has 0 saturated carbocycles. The minimum atomic E-state index is 0.957. The third-order valence-corrected chi connectivity index (χ3v) is 10.9. The third-order valence-electron chi connectivity index (χ3n) is 10.9. The van der Waals surface area contributed by atoms with Gasteiger partial charge in [0.15, 0.2) is 0 Å². The van der Waals surface area contributed by atoms with E-state index in [1.807, 2.05) is 24.3 Å². The van der Waals surface area contributed by atoms with Crippen molar-refractivity contribution in [3.63, 3.8) is 0 Å². The van der Waals surface area contributed by atoms with Crippen molar-refractivity contribution in [2.45, 2.75) is 0 Å². The standard InChI is InChI=1S/C56H38N2/c1-5-17-39(18-6-1)53-35-47(36-54(57-53)40-19-7-2-8-20-40)43-25-15-27-45(33-43)49-31-32-50(52-30-14-13-29-51(49)52)46-28-16-26-44(34-46)48-37-55(41-21-9-3-10-22-41)58-56(38-48)42-23-11-4-12-24-42/h1-38H. The predicted molar refractivity (Wildman–Crippen MR) is 243 cm³/mol. The van der Waals surface area contributed by atoms with Crippen molar-refractivity contribution in [3.05, 3.63) is 231 Å². The number of rotatable bonds is 8. The molecule has 0 atom stereocenters. The van der Waals surface area contributed by atoms with Gasteiger partial charge in [-0.2, -0.15) is 0 Å². The van der Waals surface area contributed by atoms with E-state index >= 15 is 0 Å². The fourth-order valence-corrected chi connectivity index (χ4v) is 7.96. The maximum absolute atomic E-state index is 5.12. The normalized spacial score (nSPS) is 11.1. The van der Waals surface area contributed by atoms with Gasteiger partial charge in [0.1, 0.15) is 0 Å². The summed E-state index contributed by atoms with van der Waals surface area (Å²) in [7, 11) is 0. The molecule has 10 rings (SSSR count). The van der Waals surface area contributed by atoms with Crippen LogP contribution in [0.1, 0.15) is 0 Å². The molecule has 0 aliphatic rings. The Morgan fingerprint density at radius 1 is 0.190 bits per heavy atom. The van der Waals surface area contributed by atoms with Crippen molar-refractivity contribution >= 4 is 10.8 Å². The zero-order valence-electron chi connectivity index (χ0n) is 31.8. The van der Waals surface area contributed by atoms with Gasteiger partial charge >= 0.3 is 0 Å². The highest BCUT2D eigenvalue weighted by Crippen LogP contribution is 2.39. The molecule has 2 heteroatoms. The molecule has 0 radical (unpaired) electrons. The number of nitrogens with zero attached hydrogens (tertiary/aromatic N) is 2. The van der Waals surface area contributed by atoms with Crippen LogP contribution in [-0.4, -0.2) is 9.97 Å². The van der Waals surface area contributed by atoms with Crippen molar-refractivity contribution in [2.75, 3.05) is 0 Å². The van der Waals surface area contributed by atoms with Gasteiger partial charge in [0.25, 0.3) is 0 Å². The summed E-state index contributed by atoms with van der Waals surface area (Å²) in [5.74, 6) is 0. The molecule has 0 amide bonds. The zero-order chi connectivity index (χ0) is 38.7. The van der Waals surface area contributed by atoms with Crippen LogP contribution in [0.4, 0.5) is 0 Å². The Bertz CT molecular complexity index is 2700. The van der Waals surface area contributed by atoms with E-state index in [1.165, 1.54) is 33.0 Å². The van der Waals surface area contributed by atoms with Crippen LogP contribution >= 0.6 is 0 Å². The fourth-order valence-electron chi connectivity index (χ4n) is 7.96. The van der Waals surface area contributed by atoms with Crippen LogP contribution in [0.5, 0.6) is 0 Å². The molecular formula is C56H38N2. The lowest BCUT2D eigenvalue weighted by atomic mass is 9.90. The van der Waals surface area contributed by atoms with Gasteiger partial charge < -0.3 is 0 Å². The Balaban J connectivity index is 1.05. The summed E-state index contributed by atoms with van der Waals surface area (Å²) in [6.07, 6.45) is 0. The van der Waals surface area contributed by atoms with Crippen molar-refractivity contribution in [1.29, 1.82) is 0 Å². The Labute approximate surface area is 339 Å². The van der Waals surface area contributed by atoms with Gasteiger partial charge in [-0.3, -0.25) is 0 Å². The number of pyridine rings is 2. The molecule has 10 aromatic rings. The largest absolute Gasteiger partial charge is 0.248 e. The lowest BCUT2D eigenvalue weighted by molar-refractivity contribution is 1.32. The third kappa shape index (κ3) is 7.00. The SMILES string of the molecule is c1ccc(-c2cc(-c3cccc(-c4ccc(-c5cccc(-c6cc(-c7ccccc7)nc(-c7ccccc7)c6)c5)c5ccccc45)c3)cc(-c3ccccc3)n2)cc1. The lowest BCUT2D eigenvalue weighted by Crippen LogP contribution is -1.92. The van der Waals surface area contributed by atoms with Crippen molar-refractivity contribution in [2.24, 2.45) is 0 Å². The predicted octanol–water partition coefficient (Wildman–Crippen LogP) is 15.0. The number of fused-ring (bicyclic) bond motifs is 1. The van der Waals surface area contributed by atoms with E-state index in [-0.39, 0.29) is 0 Å². The fraction of sp³-hybridized carbons (Fsp3) is 0. The van der Waals surface area contributed by atoms with Crippen LogP contribution in [0.2, 0.25) is 0 Å². The smallest absolute Gasteiger partial charge is 0.0715 e. The minimum absolute atomic E-state index is 0.957. The van der Waals surface area contributed by atoms with E-state index in [0.717, 1.165) is 67.3 Å². The van der Waals surface area contributed by atoms with Crippen LogP contribution in [-0.2, 0) is 0 Å². The summed E-state index contributed by atoms with van der Waals surface area (Å²) in [6, 6.07) is 81.8. The quantitative estimate of drug-likeness (QED) is 0.155. The highest BCUT2D eigenvalue weighted by atomic mass is 14.7. The summed E-state index contributed by atoms with van der Waals surface area (Å²) in [5, 5.41) is 2.43. The number of hydrogen-bond donors (Lipinski definition) is 0. The second-order valence-corrected chi connectivity index (χ2v) is 14.6. The first-order valence-corrected chi connectivity index (χ1v) is 19.7. The molecule has 0 bridgehead atoms. The number of hydrogen-bond acceptors (Lipinski definition) is 2. The maximum Gasteiger partial charge on any atom is 0.0715 e. The van der Waals surface area contributed by atoms with Gasteiger partial charge in [0.2, 0.25) is 0 Å². The Kier molecular flexibility index (Phi) is 9.27. The van der Waals surface area contributed by atoms with E-state index < -0.39 is 0 Å². The second kappa shape index (κ2) is 15.5. The first kappa shape index (κ1) is 34.8. The average Bonchev–Trinajstić information content (AvgIpc) is 3.32. The maximum atomic E-state index is 5.12. The summed E-state index contributed by atoms with van der Waals surface area (Å²) < 4.78 is 0.